The summed E-state index contributed by atoms with van der Waals surface area (Å²) in [5.74, 6) is 0. The minimum atomic E-state index is -0.245. The number of amides is 2. The van der Waals surface area contributed by atoms with Crippen molar-refractivity contribution in [2.75, 3.05) is 26.2 Å². The maximum Gasteiger partial charge on any atom is 0.317 e. The van der Waals surface area contributed by atoms with Crippen LogP contribution in [-0.4, -0.2) is 54.4 Å². The van der Waals surface area contributed by atoms with Gasteiger partial charge in [0.15, 0.2) is 0 Å². The number of hydrogen-bond acceptors (Lipinski definition) is 3. The van der Waals surface area contributed by atoms with Crippen LogP contribution in [0.1, 0.15) is 32.1 Å². The van der Waals surface area contributed by atoms with Crippen LogP contribution in [0.3, 0.4) is 0 Å². The summed E-state index contributed by atoms with van der Waals surface area (Å²) in [6, 6.07) is 0.181. The van der Waals surface area contributed by atoms with E-state index in [0.717, 1.165) is 51.9 Å². The zero-order valence-electron chi connectivity index (χ0n) is 10.3. The second-order valence-electron chi connectivity index (χ2n) is 5.06. The highest BCUT2D eigenvalue weighted by atomic mass is 16.3. The van der Waals surface area contributed by atoms with E-state index >= 15 is 0 Å². The number of hydrogen-bond donors (Lipinski definition) is 3. The van der Waals surface area contributed by atoms with E-state index in [-0.39, 0.29) is 18.2 Å². The van der Waals surface area contributed by atoms with Gasteiger partial charge in [-0.05, 0) is 19.3 Å². The molecule has 5 nitrogen and oxygen atoms in total. The Bertz CT molecular complexity index is 254. The summed E-state index contributed by atoms with van der Waals surface area (Å²) in [5, 5.41) is 16.0. The minimum Gasteiger partial charge on any atom is -0.393 e. The summed E-state index contributed by atoms with van der Waals surface area (Å²) in [7, 11) is 0. The Hall–Kier alpha value is -0.810. The van der Waals surface area contributed by atoms with Crippen molar-refractivity contribution in [3.05, 3.63) is 0 Å². The SMILES string of the molecule is O=C(NC1CCCCC(O)C1)N1CCNCC1. The molecule has 2 atom stereocenters. The van der Waals surface area contributed by atoms with Gasteiger partial charge in [0, 0.05) is 32.2 Å². The highest BCUT2D eigenvalue weighted by molar-refractivity contribution is 5.74. The lowest BCUT2D eigenvalue weighted by Crippen LogP contribution is -2.52. The van der Waals surface area contributed by atoms with Crippen LogP contribution in [-0.2, 0) is 0 Å². The minimum absolute atomic E-state index is 0.0330. The van der Waals surface area contributed by atoms with E-state index < -0.39 is 0 Å². The van der Waals surface area contributed by atoms with Crippen LogP contribution in [0.2, 0.25) is 0 Å². The Morgan fingerprint density at radius 1 is 1.24 bits per heavy atom. The number of carbonyl (C=O) groups is 1. The molecule has 2 rings (SSSR count). The van der Waals surface area contributed by atoms with E-state index in [1.54, 1.807) is 0 Å². The second-order valence-corrected chi connectivity index (χ2v) is 5.06. The maximum absolute atomic E-state index is 12.0. The Labute approximate surface area is 103 Å². The van der Waals surface area contributed by atoms with Gasteiger partial charge in [-0.1, -0.05) is 12.8 Å². The van der Waals surface area contributed by atoms with Crippen LogP contribution in [0.25, 0.3) is 0 Å². The third-order valence-electron chi connectivity index (χ3n) is 3.63. The number of carbonyl (C=O) groups excluding carboxylic acids is 1. The summed E-state index contributed by atoms with van der Waals surface area (Å²) in [6.07, 6.45) is 4.50. The number of nitrogens with zero attached hydrogens (tertiary/aromatic N) is 1. The van der Waals surface area contributed by atoms with Crippen molar-refractivity contribution in [3.63, 3.8) is 0 Å². The van der Waals surface area contributed by atoms with E-state index in [1.807, 2.05) is 4.90 Å². The van der Waals surface area contributed by atoms with Crippen LogP contribution in [0.15, 0.2) is 0 Å². The fourth-order valence-electron chi connectivity index (χ4n) is 2.60. The monoisotopic (exact) mass is 241 g/mol. The lowest BCUT2D eigenvalue weighted by Gasteiger charge is -2.29. The second kappa shape index (κ2) is 6.21. The van der Waals surface area contributed by atoms with Gasteiger partial charge < -0.3 is 20.6 Å². The zero-order valence-corrected chi connectivity index (χ0v) is 10.3. The topological polar surface area (TPSA) is 64.6 Å². The van der Waals surface area contributed by atoms with Crippen molar-refractivity contribution in [3.8, 4) is 0 Å². The number of aliphatic hydroxyl groups is 1. The summed E-state index contributed by atoms with van der Waals surface area (Å²) in [4.78, 5) is 13.8. The molecule has 3 N–H and O–H groups in total. The molecule has 0 aromatic rings. The molecule has 5 heteroatoms. The van der Waals surface area contributed by atoms with Gasteiger partial charge in [0.1, 0.15) is 0 Å². The summed E-state index contributed by atoms with van der Waals surface area (Å²) < 4.78 is 0. The van der Waals surface area contributed by atoms with Crippen molar-refractivity contribution in [1.29, 1.82) is 0 Å². The number of nitrogens with one attached hydrogen (secondary N) is 2. The fraction of sp³-hybridized carbons (Fsp3) is 0.917. The van der Waals surface area contributed by atoms with Crippen molar-refractivity contribution in [2.45, 2.75) is 44.2 Å². The molecule has 98 valence electrons. The molecule has 1 heterocycles. The molecule has 0 aromatic heterocycles. The molecule has 2 amide bonds. The van der Waals surface area contributed by atoms with Gasteiger partial charge in [-0.3, -0.25) is 0 Å². The quantitative estimate of drug-likeness (QED) is 0.578. The third-order valence-corrected chi connectivity index (χ3v) is 3.63. The van der Waals surface area contributed by atoms with Crippen molar-refractivity contribution in [1.82, 2.24) is 15.5 Å². The Morgan fingerprint density at radius 2 is 1.94 bits per heavy atom. The molecule has 1 aliphatic heterocycles. The molecule has 0 bridgehead atoms. The van der Waals surface area contributed by atoms with E-state index in [4.69, 9.17) is 0 Å². The highest BCUT2D eigenvalue weighted by Crippen LogP contribution is 2.18. The van der Waals surface area contributed by atoms with Gasteiger partial charge in [0.05, 0.1) is 6.10 Å². The standard InChI is InChI=1S/C12H23N3O2/c16-11-4-2-1-3-10(9-11)14-12(17)15-7-5-13-6-8-15/h10-11,13,16H,1-9H2,(H,14,17). The maximum atomic E-state index is 12.0. The average Bonchev–Trinajstić information content (AvgIpc) is 2.55. The average molecular weight is 241 g/mol. The number of urea groups is 1. The largest absolute Gasteiger partial charge is 0.393 e. The van der Waals surface area contributed by atoms with Crippen LogP contribution in [0.4, 0.5) is 4.79 Å². The number of aliphatic hydroxyl groups excluding tert-OH is 1. The molecule has 1 aliphatic carbocycles. The van der Waals surface area contributed by atoms with Crippen molar-refractivity contribution >= 4 is 6.03 Å². The molecular weight excluding hydrogens is 218 g/mol. The first kappa shape index (κ1) is 12.6. The first-order valence-corrected chi connectivity index (χ1v) is 6.70. The van der Waals surface area contributed by atoms with Gasteiger partial charge in [-0.25, -0.2) is 4.79 Å². The smallest absolute Gasteiger partial charge is 0.317 e. The number of rotatable bonds is 1. The fourth-order valence-corrected chi connectivity index (χ4v) is 2.60. The van der Waals surface area contributed by atoms with Gasteiger partial charge in [0.2, 0.25) is 0 Å². The molecule has 2 aliphatic rings. The van der Waals surface area contributed by atoms with Crippen LogP contribution in [0.5, 0.6) is 0 Å². The Morgan fingerprint density at radius 3 is 2.71 bits per heavy atom. The molecule has 0 aromatic carbocycles. The lowest BCUT2D eigenvalue weighted by molar-refractivity contribution is 0.143. The van der Waals surface area contributed by atoms with Crippen LogP contribution < -0.4 is 10.6 Å². The molecule has 17 heavy (non-hydrogen) atoms. The van der Waals surface area contributed by atoms with Gasteiger partial charge in [-0.2, -0.15) is 0 Å². The molecule has 2 unspecified atom stereocenters. The van der Waals surface area contributed by atoms with Gasteiger partial charge in [-0.15, -0.1) is 0 Å². The predicted octanol–water partition coefficient (Wildman–Crippen LogP) is 0.295. The molecule has 0 radical (unpaired) electrons. The molecule has 1 saturated heterocycles. The van der Waals surface area contributed by atoms with Crippen LogP contribution in [0, 0.1) is 0 Å². The van der Waals surface area contributed by atoms with Crippen LogP contribution >= 0.6 is 0 Å². The lowest BCUT2D eigenvalue weighted by atomic mass is 10.1. The first-order valence-electron chi connectivity index (χ1n) is 6.70. The number of piperazine rings is 1. The molecule has 0 spiro atoms. The third kappa shape index (κ3) is 3.85. The molecule has 1 saturated carbocycles. The summed E-state index contributed by atoms with van der Waals surface area (Å²) in [5.41, 5.74) is 0. The summed E-state index contributed by atoms with van der Waals surface area (Å²) in [6.45, 7) is 3.31. The van der Waals surface area contributed by atoms with Gasteiger partial charge >= 0.3 is 6.03 Å². The van der Waals surface area contributed by atoms with E-state index in [2.05, 4.69) is 10.6 Å². The predicted molar refractivity (Wildman–Crippen MR) is 65.9 cm³/mol. The van der Waals surface area contributed by atoms with E-state index in [0.29, 0.717) is 6.42 Å². The van der Waals surface area contributed by atoms with Crippen molar-refractivity contribution < 1.29 is 9.90 Å². The van der Waals surface area contributed by atoms with Crippen molar-refractivity contribution in [2.24, 2.45) is 0 Å². The zero-order chi connectivity index (χ0) is 12.1. The molecule has 2 fully saturated rings. The first-order chi connectivity index (χ1) is 8.25. The Kier molecular flexibility index (Phi) is 4.62. The Balaban J connectivity index is 1.79. The normalized spacial score (nSPS) is 30.8. The van der Waals surface area contributed by atoms with E-state index in [1.165, 1.54) is 0 Å². The van der Waals surface area contributed by atoms with E-state index in [9.17, 15) is 9.90 Å². The summed E-state index contributed by atoms with van der Waals surface area (Å²) >= 11 is 0. The molecular formula is C12H23N3O2. The highest BCUT2D eigenvalue weighted by Gasteiger charge is 2.23. The van der Waals surface area contributed by atoms with Gasteiger partial charge in [0.25, 0.3) is 0 Å².